The number of piperazine rings is 1. The number of halogens is 7. The molecule has 0 amide bonds. The van der Waals surface area contributed by atoms with E-state index in [4.69, 9.17) is 10.5 Å². The number of rotatable bonds is 4. The number of fused-ring (bicyclic) bond motifs is 6. The van der Waals surface area contributed by atoms with Crippen molar-refractivity contribution in [3.63, 3.8) is 0 Å². The zero-order valence-corrected chi connectivity index (χ0v) is 25.9. The summed E-state index contributed by atoms with van der Waals surface area (Å²) >= 11 is 0. The molecule has 3 N–H and O–H groups in total. The van der Waals surface area contributed by atoms with Crippen molar-refractivity contribution < 1.29 is 35.5 Å². The monoisotopic (exact) mass is 665 g/mol. The average molecular weight is 666 g/mol. The fourth-order valence-electron chi connectivity index (χ4n) is 9.05. The molecule has 0 radical (unpaired) electrons. The highest BCUT2D eigenvalue weighted by molar-refractivity contribution is 5.96. The fourth-order valence-corrected chi connectivity index (χ4v) is 9.05. The summed E-state index contributed by atoms with van der Waals surface area (Å²) in [5.74, 6) is -7.31. The number of nitrogens with two attached hydrogens (primary N) is 1. The molecule has 5 aliphatic heterocycles. The Morgan fingerprint density at radius 1 is 1.04 bits per heavy atom. The molecule has 4 atom stereocenters. The smallest absolute Gasteiger partial charge is 0.417 e. The predicted octanol–water partition coefficient (Wildman–Crippen LogP) is 5.98. The molecule has 0 saturated carbocycles. The average Bonchev–Trinajstić information content (AvgIpc) is 3.62. The van der Waals surface area contributed by atoms with Crippen LogP contribution >= 0.6 is 0 Å². The van der Waals surface area contributed by atoms with E-state index in [9.17, 15) is 17.6 Å². The molecular formula is C32H34F7N7O. The van der Waals surface area contributed by atoms with Crippen molar-refractivity contribution in [3.05, 3.63) is 34.5 Å². The van der Waals surface area contributed by atoms with E-state index in [2.05, 4.69) is 25.2 Å². The Balaban J connectivity index is 1.36. The van der Waals surface area contributed by atoms with Gasteiger partial charge in [0.1, 0.15) is 29.5 Å². The van der Waals surface area contributed by atoms with Crippen molar-refractivity contribution in [2.45, 2.75) is 88.1 Å². The van der Waals surface area contributed by atoms with Gasteiger partial charge in [-0.15, -0.1) is 0 Å². The summed E-state index contributed by atoms with van der Waals surface area (Å²) in [4.78, 5) is 17.3. The molecule has 3 aromatic rings. The highest BCUT2D eigenvalue weighted by atomic mass is 19.4. The van der Waals surface area contributed by atoms with Gasteiger partial charge in [0.2, 0.25) is 0 Å². The molecule has 0 spiro atoms. The van der Waals surface area contributed by atoms with Gasteiger partial charge in [-0.05, 0) is 69.7 Å². The molecule has 7 heterocycles. The van der Waals surface area contributed by atoms with E-state index < -0.39 is 74.9 Å². The lowest BCUT2D eigenvalue weighted by atomic mass is 9.87. The van der Waals surface area contributed by atoms with Crippen LogP contribution in [0, 0.1) is 24.5 Å². The molecule has 8 rings (SSSR count). The summed E-state index contributed by atoms with van der Waals surface area (Å²) < 4.78 is 113. The van der Waals surface area contributed by atoms with Crippen LogP contribution in [0.5, 0.6) is 6.01 Å². The van der Waals surface area contributed by atoms with E-state index in [-0.39, 0.29) is 60.9 Å². The summed E-state index contributed by atoms with van der Waals surface area (Å²) in [6, 6.07) is -0.500. The minimum Gasteiger partial charge on any atom is -0.461 e. The fraction of sp³-hybridized carbons (Fsp3) is 0.594. The van der Waals surface area contributed by atoms with Crippen LogP contribution in [0.4, 0.5) is 42.2 Å². The number of alkyl halides is 5. The van der Waals surface area contributed by atoms with Crippen LogP contribution in [-0.4, -0.2) is 69.3 Å². The van der Waals surface area contributed by atoms with Gasteiger partial charge in [0.25, 0.3) is 0 Å². The van der Waals surface area contributed by atoms with E-state index >= 15 is 13.2 Å². The maximum absolute atomic E-state index is 16.8. The van der Waals surface area contributed by atoms with Gasteiger partial charge < -0.3 is 15.4 Å². The molecule has 4 saturated heterocycles. The maximum Gasteiger partial charge on any atom is 0.417 e. The predicted molar refractivity (Wildman–Crippen MR) is 159 cm³/mol. The van der Waals surface area contributed by atoms with E-state index in [0.29, 0.717) is 0 Å². The van der Waals surface area contributed by atoms with Crippen molar-refractivity contribution in [1.82, 2.24) is 25.2 Å². The highest BCUT2D eigenvalue weighted by Crippen LogP contribution is 2.51. The van der Waals surface area contributed by atoms with Crippen LogP contribution in [-0.2, 0) is 12.6 Å². The molecule has 5 aliphatic rings. The number of ether oxygens (including phenoxy) is 1. The molecule has 15 heteroatoms. The summed E-state index contributed by atoms with van der Waals surface area (Å²) in [6.45, 7) is 4.37. The van der Waals surface area contributed by atoms with Crippen LogP contribution in [0.2, 0.25) is 0 Å². The van der Waals surface area contributed by atoms with Crippen LogP contribution in [0.15, 0.2) is 6.07 Å². The first kappa shape index (κ1) is 30.8. The summed E-state index contributed by atoms with van der Waals surface area (Å²) in [5.41, 5.74) is 0.910. The second-order valence-electron chi connectivity index (χ2n) is 14.0. The Hall–Kier alpha value is -3.46. The summed E-state index contributed by atoms with van der Waals surface area (Å²) in [7, 11) is 0. The Morgan fingerprint density at radius 2 is 1.77 bits per heavy atom. The first-order valence-corrected chi connectivity index (χ1v) is 16.0. The van der Waals surface area contributed by atoms with Crippen LogP contribution in [0.25, 0.3) is 22.2 Å². The quantitative estimate of drug-likeness (QED) is 0.200. The molecule has 252 valence electrons. The third kappa shape index (κ3) is 4.51. The molecule has 2 aromatic heterocycles. The van der Waals surface area contributed by atoms with Crippen molar-refractivity contribution >= 4 is 22.4 Å². The topological polar surface area (TPSA) is 92.4 Å². The molecule has 0 aliphatic carbocycles. The number of pyridine rings is 1. The second kappa shape index (κ2) is 10.0. The number of anilines is 2. The first-order chi connectivity index (χ1) is 22.1. The number of nitrogen functional groups attached to an aromatic ring is 1. The van der Waals surface area contributed by atoms with Gasteiger partial charge in [-0.3, -0.25) is 4.90 Å². The molecule has 4 fully saturated rings. The van der Waals surface area contributed by atoms with E-state index in [1.54, 1.807) is 6.92 Å². The lowest BCUT2D eigenvalue weighted by Gasteiger charge is -2.48. The van der Waals surface area contributed by atoms with E-state index in [0.717, 1.165) is 51.8 Å². The van der Waals surface area contributed by atoms with Crippen molar-refractivity contribution in [3.8, 4) is 17.3 Å². The van der Waals surface area contributed by atoms with Gasteiger partial charge in [-0.1, -0.05) is 6.92 Å². The molecular weight excluding hydrogens is 631 g/mol. The number of nitrogens with zero attached hydrogens (tertiary/aromatic N) is 5. The largest absolute Gasteiger partial charge is 0.461 e. The Kier molecular flexibility index (Phi) is 6.58. The van der Waals surface area contributed by atoms with Gasteiger partial charge >= 0.3 is 12.2 Å². The zero-order valence-electron chi connectivity index (χ0n) is 25.9. The number of nitrogens with one attached hydrogen (secondary N) is 1. The minimum absolute atomic E-state index is 0.0107. The summed E-state index contributed by atoms with van der Waals surface area (Å²) in [6.07, 6.45) is -1.54. The van der Waals surface area contributed by atoms with Crippen LogP contribution in [0.3, 0.4) is 0 Å². The highest BCUT2D eigenvalue weighted by Gasteiger charge is 2.62. The zero-order chi connectivity index (χ0) is 33.3. The Bertz CT molecular complexity index is 1810. The molecule has 8 nitrogen and oxygen atoms in total. The van der Waals surface area contributed by atoms with E-state index in [1.807, 2.05) is 0 Å². The van der Waals surface area contributed by atoms with Gasteiger partial charge in [-0.2, -0.15) is 23.1 Å². The standard InChI is InChI=1S/C32H34F7N7O/c1-15-11-19-20-25(23(34)24(41-19)17-12-18(40)22(33)16(2)21(17)32(37,38)39)42-28(47-14-29-5-3-9-45(29)10-4-6-29)43-27(20)46-13-30(35)7-8-31(36,44-30)26(15)46/h12,15,26,44H,3-11,13-14,40H2,1-2H3/t15-,26-,30+,31-/m0/s1. The summed E-state index contributed by atoms with van der Waals surface area (Å²) in [5, 5.41) is 2.57. The number of aromatic nitrogens is 3. The van der Waals surface area contributed by atoms with Gasteiger partial charge in [-0.25, -0.2) is 27.9 Å². The normalized spacial score (nSPS) is 29.7. The van der Waals surface area contributed by atoms with E-state index in [1.165, 1.54) is 4.90 Å². The lowest BCUT2D eigenvalue weighted by Crippen LogP contribution is -2.69. The first-order valence-electron chi connectivity index (χ1n) is 16.0. The maximum atomic E-state index is 16.8. The van der Waals surface area contributed by atoms with Crippen molar-refractivity contribution in [2.75, 3.05) is 36.9 Å². The Labute approximate surface area is 265 Å². The molecule has 0 unspecified atom stereocenters. The number of hydrogen-bond acceptors (Lipinski definition) is 8. The van der Waals surface area contributed by atoms with Gasteiger partial charge in [0.15, 0.2) is 17.4 Å². The van der Waals surface area contributed by atoms with Crippen LogP contribution in [0.1, 0.15) is 62.3 Å². The molecule has 47 heavy (non-hydrogen) atoms. The Morgan fingerprint density at radius 3 is 2.47 bits per heavy atom. The minimum atomic E-state index is -5.08. The number of benzene rings is 1. The molecule has 2 bridgehead atoms. The SMILES string of the molecule is Cc1c(F)c(N)cc(-c2nc3c4c(nc(OCC56CCCN5CCC6)nc4c2F)N2C[C@@]4(F)CC[C@](F)(N4)[C@@H]2[C@@H](C)C3)c1C(F)(F)F. The lowest BCUT2D eigenvalue weighted by molar-refractivity contribution is -0.137. The third-order valence-electron chi connectivity index (χ3n) is 11.0. The van der Waals surface area contributed by atoms with Crippen LogP contribution < -0.4 is 20.7 Å². The third-order valence-corrected chi connectivity index (χ3v) is 11.0. The van der Waals surface area contributed by atoms with Gasteiger partial charge in [0.05, 0.1) is 40.5 Å². The second-order valence-corrected chi connectivity index (χ2v) is 14.0. The number of hydrogen-bond donors (Lipinski definition) is 2. The van der Waals surface area contributed by atoms with Gasteiger partial charge in [0, 0.05) is 18.4 Å². The van der Waals surface area contributed by atoms with Crippen molar-refractivity contribution in [2.24, 2.45) is 5.92 Å². The van der Waals surface area contributed by atoms with Crippen molar-refractivity contribution in [1.29, 1.82) is 0 Å². The molecule has 1 aromatic carbocycles.